The summed E-state index contributed by atoms with van der Waals surface area (Å²) >= 11 is 0. The van der Waals surface area contributed by atoms with Gasteiger partial charge in [-0.1, -0.05) is 6.07 Å². The molecule has 1 N–H and O–H groups in total. The van der Waals surface area contributed by atoms with E-state index < -0.39 is 17.8 Å². The predicted octanol–water partition coefficient (Wildman–Crippen LogP) is 1.87. The van der Waals surface area contributed by atoms with Gasteiger partial charge in [0.05, 0.1) is 24.9 Å². The van der Waals surface area contributed by atoms with Crippen LogP contribution in [0.3, 0.4) is 0 Å². The number of hydrogen-bond donors (Lipinski definition) is 1. The molecule has 98 valence electrons. The van der Waals surface area contributed by atoms with Gasteiger partial charge in [0.1, 0.15) is 5.60 Å². The van der Waals surface area contributed by atoms with Gasteiger partial charge in [-0.25, -0.2) is 4.79 Å². The smallest absolute Gasteiger partial charge is 0.410 e. The maximum atomic E-state index is 11.9. The summed E-state index contributed by atoms with van der Waals surface area (Å²) in [5.74, 6) is 0. The van der Waals surface area contributed by atoms with E-state index in [1.807, 2.05) is 26.8 Å². The van der Waals surface area contributed by atoms with E-state index >= 15 is 0 Å². The molecule has 1 atom stereocenters. The number of ether oxygens (including phenoxy) is 1. The number of amides is 1. The number of aliphatic hydroxyl groups excluding tert-OH is 1. The summed E-state index contributed by atoms with van der Waals surface area (Å²) in [6.07, 6.45) is 0.539. The molecule has 1 aliphatic heterocycles. The van der Waals surface area contributed by atoms with Crippen LogP contribution in [0.25, 0.3) is 0 Å². The van der Waals surface area contributed by atoms with Crippen LogP contribution in [0.4, 0.5) is 4.79 Å². The molecule has 0 bridgehead atoms. The fraction of sp³-hybridized carbons (Fsp3) is 0.538. The number of nitrogens with zero attached hydrogens (tertiary/aromatic N) is 2. The van der Waals surface area contributed by atoms with Crippen LogP contribution in [0.2, 0.25) is 0 Å². The van der Waals surface area contributed by atoms with Gasteiger partial charge < -0.3 is 9.84 Å². The molecular weight excluding hydrogens is 232 g/mol. The second kappa shape index (κ2) is 4.57. The molecular formula is C13H18N2O3. The average molecular weight is 250 g/mol. The first-order chi connectivity index (χ1) is 8.37. The maximum Gasteiger partial charge on any atom is 0.410 e. The second-order valence-electron chi connectivity index (χ2n) is 5.42. The van der Waals surface area contributed by atoms with Crippen LogP contribution >= 0.6 is 0 Å². The Kier molecular flexibility index (Phi) is 3.26. The minimum absolute atomic E-state index is 0.244. The van der Waals surface area contributed by atoms with Gasteiger partial charge in [-0.3, -0.25) is 9.88 Å². The standard InChI is InChI=1S/C13H18N2O3/c1-13(2,3)18-12(17)15-7-10-9(11(16)8-15)5-4-6-14-10/h4-6,11,16H,7-8H2,1-3H3. The number of fused-ring (bicyclic) bond motifs is 1. The molecule has 1 aliphatic rings. The minimum Gasteiger partial charge on any atom is -0.444 e. The van der Waals surface area contributed by atoms with E-state index in [1.54, 1.807) is 12.3 Å². The number of β-amino-alcohol motifs (C(OH)–C–C–N with tert-alkyl or cyclic N) is 1. The van der Waals surface area contributed by atoms with Crippen molar-refractivity contribution in [2.45, 2.75) is 39.0 Å². The van der Waals surface area contributed by atoms with Crippen molar-refractivity contribution in [2.75, 3.05) is 6.54 Å². The number of aliphatic hydroxyl groups is 1. The normalized spacial score (nSPS) is 19.3. The molecule has 0 aromatic carbocycles. The van der Waals surface area contributed by atoms with E-state index in [4.69, 9.17) is 4.74 Å². The molecule has 1 amide bonds. The van der Waals surface area contributed by atoms with Crippen molar-refractivity contribution >= 4 is 6.09 Å². The van der Waals surface area contributed by atoms with E-state index in [0.717, 1.165) is 11.3 Å². The quantitative estimate of drug-likeness (QED) is 0.763. The average Bonchev–Trinajstić information content (AvgIpc) is 2.26. The van der Waals surface area contributed by atoms with Crippen molar-refractivity contribution < 1.29 is 14.6 Å². The Morgan fingerprint density at radius 2 is 2.28 bits per heavy atom. The molecule has 0 radical (unpaired) electrons. The Morgan fingerprint density at radius 3 is 2.94 bits per heavy atom. The summed E-state index contributed by atoms with van der Waals surface area (Å²) in [6, 6.07) is 3.62. The van der Waals surface area contributed by atoms with E-state index in [9.17, 15) is 9.90 Å². The van der Waals surface area contributed by atoms with E-state index in [1.165, 1.54) is 4.90 Å². The minimum atomic E-state index is -0.699. The molecule has 1 aromatic rings. The highest BCUT2D eigenvalue weighted by Crippen LogP contribution is 2.25. The first-order valence-corrected chi connectivity index (χ1v) is 5.96. The number of pyridine rings is 1. The Hall–Kier alpha value is -1.62. The topological polar surface area (TPSA) is 62.7 Å². The van der Waals surface area contributed by atoms with Crippen LogP contribution in [-0.2, 0) is 11.3 Å². The fourth-order valence-electron chi connectivity index (χ4n) is 1.90. The van der Waals surface area contributed by atoms with E-state index in [-0.39, 0.29) is 6.54 Å². The first-order valence-electron chi connectivity index (χ1n) is 5.96. The molecule has 2 heterocycles. The summed E-state index contributed by atoms with van der Waals surface area (Å²) in [5, 5.41) is 9.99. The van der Waals surface area contributed by atoms with Crippen molar-refractivity contribution in [1.29, 1.82) is 0 Å². The molecule has 0 aliphatic carbocycles. The number of rotatable bonds is 0. The van der Waals surface area contributed by atoms with Crippen LogP contribution in [0.5, 0.6) is 0 Å². The predicted molar refractivity (Wildman–Crippen MR) is 65.8 cm³/mol. The lowest BCUT2D eigenvalue weighted by Gasteiger charge is -2.32. The lowest BCUT2D eigenvalue weighted by Crippen LogP contribution is -2.41. The zero-order valence-electron chi connectivity index (χ0n) is 10.9. The highest BCUT2D eigenvalue weighted by atomic mass is 16.6. The number of carbonyl (C=O) groups is 1. The molecule has 0 fully saturated rings. The lowest BCUT2D eigenvalue weighted by atomic mass is 10.0. The Bertz CT molecular complexity index is 454. The van der Waals surface area contributed by atoms with E-state index in [2.05, 4.69) is 4.98 Å². The molecule has 18 heavy (non-hydrogen) atoms. The Labute approximate surface area is 106 Å². The van der Waals surface area contributed by atoms with Crippen LogP contribution < -0.4 is 0 Å². The number of carbonyl (C=O) groups excluding carboxylic acids is 1. The summed E-state index contributed by atoms with van der Waals surface area (Å²) in [6.45, 7) is 6.07. The second-order valence-corrected chi connectivity index (χ2v) is 5.42. The summed E-state index contributed by atoms with van der Waals surface area (Å²) in [4.78, 5) is 17.6. The zero-order valence-corrected chi connectivity index (χ0v) is 10.9. The summed E-state index contributed by atoms with van der Waals surface area (Å²) < 4.78 is 5.29. The lowest BCUT2D eigenvalue weighted by molar-refractivity contribution is 0.00772. The highest BCUT2D eigenvalue weighted by Gasteiger charge is 2.30. The van der Waals surface area contributed by atoms with Crippen molar-refractivity contribution in [1.82, 2.24) is 9.88 Å². The van der Waals surface area contributed by atoms with Crippen LogP contribution in [0, 0.1) is 0 Å². The Morgan fingerprint density at radius 1 is 1.56 bits per heavy atom. The van der Waals surface area contributed by atoms with Gasteiger partial charge in [0.15, 0.2) is 0 Å². The van der Waals surface area contributed by atoms with Crippen LogP contribution in [-0.4, -0.2) is 33.2 Å². The molecule has 5 nitrogen and oxygen atoms in total. The van der Waals surface area contributed by atoms with Crippen molar-refractivity contribution in [3.8, 4) is 0 Å². The van der Waals surface area contributed by atoms with Crippen molar-refractivity contribution in [3.05, 3.63) is 29.6 Å². The highest BCUT2D eigenvalue weighted by molar-refractivity contribution is 5.68. The third-order valence-corrected chi connectivity index (χ3v) is 2.67. The maximum absolute atomic E-state index is 11.9. The first kappa shape index (κ1) is 12.8. The largest absolute Gasteiger partial charge is 0.444 e. The molecule has 1 unspecified atom stereocenters. The molecule has 5 heteroatoms. The number of hydrogen-bond acceptors (Lipinski definition) is 4. The fourth-order valence-corrected chi connectivity index (χ4v) is 1.90. The molecule has 2 rings (SSSR count). The van der Waals surface area contributed by atoms with Gasteiger partial charge in [-0.2, -0.15) is 0 Å². The summed E-state index contributed by atoms with van der Waals surface area (Å²) in [7, 11) is 0. The zero-order chi connectivity index (χ0) is 13.3. The number of aromatic nitrogens is 1. The third-order valence-electron chi connectivity index (χ3n) is 2.67. The van der Waals surface area contributed by atoms with E-state index in [0.29, 0.717) is 6.54 Å². The van der Waals surface area contributed by atoms with Gasteiger partial charge in [0.2, 0.25) is 0 Å². The Balaban J connectivity index is 2.13. The molecule has 0 spiro atoms. The van der Waals surface area contributed by atoms with Crippen LogP contribution in [0.15, 0.2) is 18.3 Å². The van der Waals surface area contributed by atoms with Gasteiger partial charge in [-0.05, 0) is 26.8 Å². The van der Waals surface area contributed by atoms with Gasteiger partial charge in [0, 0.05) is 11.8 Å². The van der Waals surface area contributed by atoms with Gasteiger partial charge in [-0.15, -0.1) is 0 Å². The van der Waals surface area contributed by atoms with Gasteiger partial charge in [0.25, 0.3) is 0 Å². The SMILES string of the molecule is CC(C)(C)OC(=O)N1Cc2ncccc2C(O)C1. The molecule has 1 aromatic heterocycles. The molecule has 0 saturated heterocycles. The van der Waals surface area contributed by atoms with Crippen molar-refractivity contribution in [2.24, 2.45) is 0 Å². The van der Waals surface area contributed by atoms with Crippen molar-refractivity contribution in [3.63, 3.8) is 0 Å². The van der Waals surface area contributed by atoms with Crippen LogP contribution in [0.1, 0.15) is 38.1 Å². The monoisotopic (exact) mass is 250 g/mol. The molecule has 0 saturated carbocycles. The van der Waals surface area contributed by atoms with Gasteiger partial charge >= 0.3 is 6.09 Å². The summed E-state index contributed by atoms with van der Waals surface area (Å²) in [5.41, 5.74) is 0.978. The third kappa shape index (κ3) is 2.79.